The molecule has 1 atom stereocenters. The smallest absolute Gasteiger partial charge is 0.259 e. The van der Waals surface area contributed by atoms with Gasteiger partial charge in [-0.1, -0.05) is 25.1 Å². The van der Waals surface area contributed by atoms with E-state index in [-0.39, 0.29) is 24.1 Å². The fraction of sp³-hybridized carbons (Fsp3) is 0.409. The molecule has 0 radical (unpaired) electrons. The molecule has 0 bridgehead atoms. The lowest BCUT2D eigenvalue weighted by molar-refractivity contribution is -0.117. The van der Waals surface area contributed by atoms with E-state index in [0.717, 1.165) is 39.5 Å². The number of hydrogen-bond donors (Lipinski definition) is 2. The predicted molar refractivity (Wildman–Crippen MR) is 120 cm³/mol. The molecule has 0 saturated carbocycles. The van der Waals surface area contributed by atoms with Gasteiger partial charge in [0.2, 0.25) is 5.91 Å². The zero-order valence-electron chi connectivity index (χ0n) is 17.6. The third kappa shape index (κ3) is 4.57. The van der Waals surface area contributed by atoms with Gasteiger partial charge in [0.1, 0.15) is 10.7 Å². The molecular formula is C22H28N4O2S. The number of aryl methyl sites for hydroxylation is 3. The predicted octanol–water partition coefficient (Wildman–Crippen LogP) is 4.32. The highest BCUT2D eigenvalue weighted by molar-refractivity contribution is 7.18. The van der Waals surface area contributed by atoms with Crippen LogP contribution in [0.25, 0.3) is 10.2 Å². The van der Waals surface area contributed by atoms with E-state index in [1.165, 1.54) is 11.3 Å². The number of carbonyl (C=O) groups excluding carboxylic acids is 1. The largest absolute Gasteiger partial charge is 0.325 e. The molecule has 2 N–H and O–H groups in total. The maximum atomic E-state index is 12.7. The second-order valence-electron chi connectivity index (χ2n) is 7.42. The van der Waals surface area contributed by atoms with Crippen LogP contribution in [0.1, 0.15) is 48.1 Å². The second-order valence-corrected chi connectivity index (χ2v) is 8.63. The van der Waals surface area contributed by atoms with Gasteiger partial charge < -0.3 is 10.3 Å². The Bertz CT molecular complexity index is 1090. The maximum absolute atomic E-state index is 12.7. The van der Waals surface area contributed by atoms with Gasteiger partial charge in [0.25, 0.3) is 5.56 Å². The summed E-state index contributed by atoms with van der Waals surface area (Å²) in [6.45, 7) is 10.9. The summed E-state index contributed by atoms with van der Waals surface area (Å²) in [6, 6.07) is 7.54. The number of fused-ring (bicyclic) bond motifs is 1. The van der Waals surface area contributed by atoms with Crippen LogP contribution < -0.4 is 10.9 Å². The molecule has 0 aliphatic rings. The van der Waals surface area contributed by atoms with Gasteiger partial charge in [-0.05, 0) is 57.9 Å². The SMILES string of the molecule is CCCN(CC(=O)Nc1ccccc1C)C(C)c1nc2sc(C)c(C)c2c(=O)[nH]1. The summed E-state index contributed by atoms with van der Waals surface area (Å²) >= 11 is 1.54. The van der Waals surface area contributed by atoms with E-state index >= 15 is 0 Å². The molecule has 1 aromatic carbocycles. The summed E-state index contributed by atoms with van der Waals surface area (Å²) in [6.07, 6.45) is 0.895. The summed E-state index contributed by atoms with van der Waals surface area (Å²) in [5.74, 6) is 0.520. The first-order chi connectivity index (χ1) is 13.8. The minimum absolute atomic E-state index is 0.0779. The monoisotopic (exact) mass is 412 g/mol. The highest BCUT2D eigenvalue weighted by atomic mass is 32.1. The Hall–Kier alpha value is -2.51. The molecule has 3 rings (SSSR count). The fourth-order valence-corrected chi connectivity index (χ4v) is 4.46. The van der Waals surface area contributed by atoms with Crippen LogP contribution in [0.2, 0.25) is 0 Å². The van der Waals surface area contributed by atoms with Crippen molar-refractivity contribution in [3.63, 3.8) is 0 Å². The zero-order chi connectivity index (χ0) is 21.1. The Morgan fingerprint density at radius 1 is 1.28 bits per heavy atom. The minimum Gasteiger partial charge on any atom is -0.325 e. The Morgan fingerprint density at radius 2 is 2.00 bits per heavy atom. The quantitative estimate of drug-likeness (QED) is 0.606. The first-order valence-electron chi connectivity index (χ1n) is 9.91. The number of carbonyl (C=O) groups is 1. The molecule has 2 aromatic heterocycles. The van der Waals surface area contributed by atoms with Crippen LogP contribution in [-0.2, 0) is 4.79 Å². The van der Waals surface area contributed by atoms with E-state index < -0.39 is 0 Å². The lowest BCUT2D eigenvalue weighted by Crippen LogP contribution is -2.37. The number of nitrogens with one attached hydrogen (secondary N) is 2. The van der Waals surface area contributed by atoms with E-state index in [2.05, 4.69) is 17.2 Å². The van der Waals surface area contributed by atoms with Crippen molar-refractivity contribution < 1.29 is 4.79 Å². The molecule has 2 heterocycles. The summed E-state index contributed by atoms with van der Waals surface area (Å²) in [4.78, 5) is 36.9. The third-order valence-electron chi connectivity index (χ3n) is 5.28. The molecule has 1 amide bonds. The number of rotatable bonds is 7. The van der Waals surface area contributed by atoms with Crippen molar-refractivity contribution in [2.45, 2.75) is 47.1 Å². The molecule has 3 aromatic rings. The summed E-state index contributed by atoms with van der Waals surface area (Å²) in [7, 11) is 0. The van der Waals surface area contributed by atoms with Crippen LogP contribution in [0, 0.1) is 20.8 Å². The van der Waals surface area contributed by atoms with E-state index in [9.17, 15) is 9.59 Å². The van der Waals surface area contributed by atoms with E-state index in [4.69, 9.17) is 4.98 Å². The number of aromatic nitrogens is 2. The first-order valence-corrected chi connectivity index (χ1v) is 10.7. The molecule has 1 unspecified atom stereocenters. The number of nitrogens with zero attached hydrogens (tertiary/aromatic N) is 2. The van der Waals surface area contributed by atoms with Crippen molar-refractivity contribution in [2.24, 2.45) is 0 Å². The van der Waals surface area contributed by atoms with Crippen molar-refractivity contribution in [1.29, 1.82) is 0 Å². The average Bonchev–Trinajstić information content (AvgIpc) is 2.97. The van der Waals surface area contributed by atoms with Crippen molar-refractivity contribution in [3.8, 4) is 0 Å². The van der Waals surface area contributed by atoms with Crippen LogP contribution in [-0.4, -0.2) is 33.9 Å². The molecule has 29 heavy (non-hydrogen) atoms. The number of H-pyrrole nitrogens is 1. The van der Waals surface area contributed by atoms with Crippen molar-refractivity contribution in [2.75, 3.05) is 18.4 Å². The van der Waals surface area contributed by atoms with E-state index in [0.29, 0.717) is 11.2 Å². The molecule has 0 spiro atoms. The van der Waals surface area contributed by atoms with Crippen molar-refractivity contribution in [3.05, 3.63) is 56.4 Å². The standard InChI is InChI=1S/C22H28N4O2S/c1-6-11-26(12-18(27)23-17-10-8-7-9-13(17)2)15(4)20-24-21(28)19-14(3)16(5)29-22(19)25-20/h7-10,15H,6,11-12H2,1-5H3,(H,23,27)(H,24,25,28). The van der Waals surface area contributed by atoms with Gasteiger partial charge in [0.15, 0.2) is 0 Å². The van der Waals surface area contributed by atoms with Crippen LogP contribution in [0.4, 0.5) is 5.69 Å². The molecule has 0 aliphatic heterocycles. The maximum Gasteiger partial charge on any atom is 0.259 e. The lowest BCUT2D eigenvalue weighted by Gasteiger charge is -2.27. The summed E-state index contributed by atoms with van der Waals surface area (Å²) in [5.41, 5.74) is 2.72. The topological polar surface area (TPSA) is 78.1 Å². The van der Waals surface area contributed by atoms with E-state index in [1.54, 1.807) is 0 Å². The van der Waals surface area contributed by atoms with Crippen LogP contribution in [0.3, 0.4) is 0 Å². The number of benzene rings is 1. The number of anilines is 1. The highest BCUT2D eigenvalue weighted by Crippen LogP contribution is 2.27. The second kappa shape index (κ2) is 8.88. The molecule has 6 nitrogen and oxygen atoms in total. The Morgan fingerprint density at radius 3 is 2.69 bits per heavy atom. The van der Waals surface area contributed by atoms with Gasteiger partial charge in [0.05, 0.1) is 18.0 Å². The van der Waals surface area contributed by atoms with Crippen molar-refractivity contribution in [1.82, 2.24) is 14.9 Å². The highest BCUT2D eigenvalue weighted by Gasteiger charge is 2.22. The fourth-order valence-electron chi connectivity index (χ4n) is 3.43. The molecule has 0 aliphatic carbocycles. The van der Waals surface area contributed by atoms with Crippen LogP contribution >= 0.6 is 11.3 Å². The van der Waals surface area contributed by atoms with Gasteiger partial charge in [-0.15, -0.1) is 11.3 Å². The Labute approximate surface area is 175 Å². The number of amides is 1. The Balaban J connectivity index is 1.83. The summed E-state index contributed by atoms with van der Waals surface area (Å²) < 4.78 is 0. The number of para-hydroxylation sites is 1. The summed E-state index contributed by atoms with van der Waals surface area (Å²) in [5, 5.41) is 3.66. The number of aromatic amines is 1. The average molecular weight is 413 g/mol. The Kier molecular flexibility index (Phi) is 6.49. The lowest BCUT2D eigenvalue weighted by atomic mass is 10.2. The zero-order valence-corrected chi connectivity index (χ0v) is 18.4. The molecule has 0 saturated heterocycles. The molecule has 0 fully saturated rings. The van der Waals surface area contributed by atoms with Crippen molar-refractivity contribution >= 4 is 33.1 Å². The third-order valence-corrected chi connectivity index (χ3v) is 6.38. The van der Waals surface area contributed by atoms with Gasteiger partial charge in [0, 0.05) is 10.6 Å². The number of thiophene rings is 1. The molecular weight excluding hydrogens is 384 g/mol. The molecule has 7 heteroatoms. The normalized spacial score (nSPS) is 12.5. The van der Waals surface area contributed by atoms with Gasteiger partial charge in [-0.2, -0.15) is 0 Å². The number of hydrogen-bond acceptors (Lipinski definition) is 5. The van der Waals surface area contributed by atoms with Gasteiger partial charge in [-0.25, -0.2) is 4.98 Å². The van der Waals surface area contributed by atoms with Gasteiger partial charge in [-0.3, -0.25) is 14.5 Å². The van der Waals surface area contributed by atoms with Gasteiger partial charge >= 0.3 is 0 Å². The minimum atomic E-state index is -0.183. The first kappa shape index (κ1) is 21.2. The molecule has 154 valence electrons. The van der Waals surface area contributed by atoms with E-state index in [1.807, 2.05) is 56.9 Å². The van der Waals surface area contributed by atoms with Crippen LogP contribution in [0.15, 0.2) is 29.1 Å². The van der Waals surface area contributed by atoms with Crippen LogP contribution in [0.5, 0.6) is 0 Å².